The third-order valence-corrected chi connectivity index (χ3v) is 2.81. The van der Waals surface area contributed by atoms with E-state index < -0.39 is 0 Å². The molecule has 1 aromatic rings. The summed E-state index contributed by atoms with van der Waals surface area (Å²) >= 11 is 0. The van der Waals surface area contributed by atoms with Crippen LogP contribution in [0.4, 0.5) is 11.6 Å². The van der Waals surface area contributed by atoms with Gasteiger partial charge in [-0.3, -0.25) is 0 Å². The van der Waals surface area contributed by atoms with E-state index in [0.717, 1.165) is 37.1 Å². The lowest BCUT2D eigenvalue weighted by Gasteiger charge is -2.13. The predicted molar refractivity (Wildman–Crippen MR) is 68.6 cm³/mol. The first-order valence-corrected chi connectivity index (χ1v) is 6.21. The fourth-order valence-corrected chi connectivity index (χ4v) is 1.63. The maximum Gasteiger partial charge on any atom is 0.204 e. The normalized spacial score (nSPS) is 14.5. The summed E-state index contributed by atoms with van der Waals surface area (Å²) in [5.74, 6) is 3.07. The first kappa shape index (κ1) is 12.0. The number of ether oxygens (including phenoxy) is 1. The minimum absolute atomic E-state index is 0.710. The first-order chi connectivity index (χ1) is 8.35. The Hall–Kier alpha value is -1.52. The number of nitrogens with one attached hydrogen (secondary N) is 2. The summed E-state index contributed by atoms with van der Waals surface area (Å²) in [7, 11) is 1.65. The molecule has 1 aliphatic rings. The zero-order chi connectivity index (χ0) is 12.1. The molecule has 1 fully saturated rings. The van der Waals surface area contributed by atoms with Gasteiger partial charge in [-0.2, -0.15) is 0 Å². The van der Waals surface area contributed by atoms with Crippen molar-refractivity contribution in [1.29, 1.82) is 0 Å². The van der Waals surface area contributed by atoms with Crippen molar-refractivity contribution >= 4 is 11.6 Å². The van der Waals surface area contributed by atoms with Crippen molar-refractivity contribution in [2.45, 2.75) is 26.2 Å². The molecule has 0 atom stereocenters. The number of methoxy groups -OCH3 is 1. The van der Waals surface area contributed by atoms with Crippen LogP contribution in [0, 0.1) is 5.92 Å². The number of hydrogen-bond donors (Lipinski definition) is 2. The van der Waals surface area contributed by atoms with Crippen LogP contribution in [-0.4, -0.2) is 30.2 Å². The summed E-state index contributed by atoms with van der Waals surface area (Å²) in [4.78, 5) is 8.43. The second kappa shape index (κ2) is 5.70. The molecule has 2 rings (SSSR count). The molecule has 94 valence electrons. The highest BCUT2D eigenvalue weighted by molar-refractivity contribution is 5.63. The summed E-state index contributed by atoms with van der Waals surface area (Å²) < 4.78 is 5.38. The topological polar surface area (TPSA) is 59.1 Å². The Morgan fingerprint density at radius 1 is 1.29 bits per heavy atom. The van der Waals surface area contributed by atoms with Gasteiger partial charge in [0, 0.05) is 13.1 Å². The van der Waals surface area contributed by atoms with E-state index in [1.165, 1.54) is 12.8 Å². The summed E-state index contributed by atoms with van der Waals surface area (Å²) in [6.45, 7) is 3.98. The zero-order valence-corrected chi connectivity index (χ0v) is 10.5. The van der Waals surface area contributed by atoms with E-state index in [-0.39, 0.29) is 0 Å². The molecule has 2 N–H and O–H groups in total. The molecule has 0 spiro atoms. The van der Waals surface area contributed by atoms with Crippen molar-refractivity contribution in [3.63, 3.8) is 0 Å². The minimum atomic E-state index is 0.710. The Morgan fingerprint density at radius 2 is 2.00 bits per heavy atom. The Balaban J connectivity index is 2.06. The SMILES string of the molecule is CCCNc1ncnc(NCC2CC2)c1OC. The largest absolute Gasteiger partial charge is 0.490 e. The minimum Gasteiger partial charge on any atom is -0.490 e. The van der Waals surface area contributed by atoms with Gasteiger partial charge in [0.05, 0.1) is 7.11 Å². The highest BCUT2D eigenvalue weighted by Crippen LogP contribution is 2.32. The van der Waals surface area contributed by atoms with Gasteiger partial charge < -0.3 is 15.4 Å². The Bertz CT molecular complexity index is 366. The number of aromatic nitrogens is 2. The van der Waals surface area contributed by atoms with Crippen molar-refractivity contribution in [2.75, 3.05) is 30.8 Å². The number of nitrogens with zero attached hydrogens (tertiary/aromatic N) is 2. The molecule has 0 aliphatic heterocycles. The van der Waals surface area contributed by atoms with Crippen LogP contribution in [0.5, 0.6) is 5.75 Å². The van der Waals surface area contributed by atoms with Gasteiger partial charge in [-0.15, -0.1) is 0 Å². The van der Waals surface area contributed by atoms with Crippen molar-refractivity contribution in [3.8, 4) is 5.75 Å². The second-order valence-corrected chi connectivity index (χ2v) is 4.36. The van der Waals surface area contributed by atoms with E-state index in [4.69, 9.17) is 4.74 Å². The van der Waals surface area contributed by atoms with Crippen LogP contribution >= 0.6 is 0 Å². The fraction of sp³-hybridized carbons (Fsp3) is 0.667. The lowest BCUT2D eigenvalue weighted by Crippen LogP contribution is -2.10. The number of hydrogen-bond acceptors (Lipinski definition) is 5. The maximum atomic E-state index is 5.38. The summed E-state index contributed by atoms with van der Waals surface area (Å²) in [6, 6.07) is 0. The molecule has 1 saturated carbocycles. The molecular weight excluding hydrogens is 216 g/mol. The maximum absolute atomic E-state index is 5.38. The Labute approximate surface area is 102 Å². The van der Waals surface area contributed by atoms with Gasteiger partial charge in [-0.05, 0) is 25.2 Å². The molecule has 0 unspecified atom stereocenters. The van der Waals surface area contributed by atoms with Crippen molar-refractivity contribution in [2.24, 2.45) is 5.92 Å². The van der Waals surface area contributed by atoms with Gasteiger partial charge in [-0.1, -0.05) is 6.92 Å². The Morgan fingerprint density at radius 3 is 2.59 bits per heavy atom. The van der Waals surface area contributed by atoms with Crippen molar-refractivity contribution in [3.05, 3.63) is 6.33 Å². The van der Waals surface area contributed by atoms with Crippen LogP contribution in [0.1, 0.15) is 26.2 Å². The molecule has 0 bridgehead atoms. The molecule has 5 heteroatoms. The molecule has 1 heterocycles. The molecule has 0 aromatic carbocycles. The summed E-state index contributed by atoms with van der Waals surface area (Å²) in [5.41, 5.74) is 0. The smallest absolute Gasteiger partial charge is 0.204 e. The van der Waals surface area contributed by atoms with E-state index in [9.17, 15) is 0 Å². The molecule has 0 radical (unpaired) electrons. The van der Waals surface area contributed by atoms with Crippen LogP contribution in [0.15, 0.2) is 6.33 Å². The van der Waals surface area contributed by atoms with Gasteiger partial charge >= 0.3 is 0 Å². The molecule has 5 nitrogen and oxygen atoms in total. The van der Waals surface area contributed by atoms with Gasteiger partial charge in [-0.25, -0.2) is 9.97 Å². The summed E-state index contributed by atoms with van der Waals surface area (Å²) in [5, 5.41) is 6.57. The van der Waals surface area contributed by atoms with E-state index in [1.807, 2.05) is 0 Å². The standard InChI is InChI=1S/C12H20N4O/c1-3-6-13-11-10(17-2)12(16-8-15-11)14-7-9-4-5-9/h8-9H,3-7H2,1-2H3,(H2,13,14,15,16). The van der Waals surface area contributed by atoms with Gasteiger partial charge in [0.15, 0.2) is 11.6 Å². The quantitative estimate of drug-likeness (QED) is 0.759. The number of rotatable bonds is 7. The third kappa shape index (κ3) is 3.22. The molecule has 0 amide bonds. The van der Waals surface area contributed by atoms with Crippen molar-refractivity contribution in [1.82, 2.24) is 9.97 Å². The van der Waals surface area contributed by atoms with Gasteiger partial charge in [0.25, 0.3) is 0 Å². The van der Waals surface area contributed by atoms with Crippen LogP contribution < -0.4 is 15.4 Å². The zero-order valence-electron chi connectivity index (χ0n) is 10.5. The highest BCUT2D eigenvalue weighted by Gasteiger charge is 2.22. The second-order valence-electron chi connectivity index (χ2n) is 4.36. The lowest BCUT2D eigenvalue weighted by molar-refractivity contribution is 0.414. The van der Waals surface area contributed by atoms with E-state index >= 15 is 0 Å². The van der Waals surface area contributed by atoms with Crippen LogP contribution in [0.2, 0.25) is 0 Å². The van der Waals surface area contributed by atoms with E-state index in [1.54, 1.807) is 13.4 Å². The molecule has 0 saturated heterocycles. The molecule has 1 aliphatic carbocycles. The monoisotopic (exact) mass is 236 g/mol. The number of anilines is 2. The van der Waals surface area contributed by atoms with Gasteiger partial charge in [0.2, 0.25) is 5.75 Å². The Kier molecular flexibility index (Phi) is 4.01. The van der Waals surface area contributed by atoms with E-state index in [0.29, 0.717) is 5.75 Å². The van der Waals surface area contributed by atoms with Crippen LogP contribution in [-0.2, 0) is 0 Å². The van der Waals surface area contributed by atoms with Crippen molar-refractivity contribution < 1.29 is 4.74 Å². The van der Waals surface area contributed by atoms with Gasteiger partial charge in [0.1, 0.15) is 6.33 Å². The predicted octanol–water partition coefficient (Wildman–Crippen LogP) is 2.13. The molecule has 17 heavy (non-hydrogen) atoms. The fourth-order valence-electron chi connectivity index (χ4n) is 1.63. The average molecular weight is 236 g/mol. The average Bonchev–Trinajstić information content (AvgIpc) is 3.17. The van der Waals surface area contributed by atoms with E-state index in [2.05, 4.69) is 27.5 Å². The van der Waals surface area contributed by atoms with Crippen LogP contribution in [0.3, 0.4) is 0 Å². The molecule has 1 aromatic heterocycles. The third-order valence-electron chi connectivity index (χ3n) is 2.81. The lowest BCUT2D eigenvalue weighted by atomic mass is 10.4. The molecular formula is C12H20N4O. The first-order valence-electron chi connectivity index (χ1n) is 6.21. The summed E-state index contributed by atoms with van der Waals surface area (Å²) in [6.07, 6.45) is 5.26. The highest BCUT2D eigenvalue weighted by atomic mass is 16.5. The van der Waals surface area contributed by atoms with Crippen LogP contribution in [0.25, 0.3) is 0 Å².